The number of phenols is 1. The molecule has 1 aromatic rings. The van der Waals surface area contributed by atoms with Gasteiger partial charge in [0.1, 0.15) is 5.75 Å². The Morgan fingerprint density at radius 2 is 2.00 bits per heavy atom. The maximum atomic E-state index is 9.22. The summed E-state index contributed by atoms with van der Waals surface area (Å²) in [6, 6.07) is 5.39. The van der Waals surface area contributed by atoms with E-state index in [0.29, 0.717) is 5.75 Å². The Morgan fingerprint density at radius 1 is 1.29 bits per heavy atom. The lowest BCUT2D eigenvalue weighted by Crippen LogP contribution is -1.78. The van der Waals surface area contributed by atoms with Gasteiger partial charge in [-0.3, -0.25) is 0 Å². The van der Waals surface area contributed by atoms with Crippen LogP contribution in [-0.4, -0.2) is 5.11 Å². The zero-order valence-electron chi connectivity index (χ0n) is 8.91. The van der Waals surface area contributed by atoms with Gasteiger partial charge >= 0.3 is 0 Å². The van der Waals surface area contributed by atoms with Crippen molar-refractivity contribution in [1.29, 1.82) is 0 Å². The van der Waals surface area contributed by atoms with Gasteiger partial charge in [-0.15, -0.1) is 0 Å². The molecular weight excluding hydrogens is 172 g/mol. The summed E-state index contributed by atoms with van der Waals surface area (Å²) in [6.45, 7) is 6.12. The fourth-order valence-electron chi connectivity index (χ4n) is 1.19. The van der Waals surface area contributed by atoms with Crippen molar-refractivity contribution in [2.75, 3.05) is 0 Å². The molecule has 14 heavy (non-hydrogen) atoms. The number of allylic oxidation sites excluding steroid dienone is 3. The molecule has 1 N–H and O–H groups in total. The maximum absolute atomic E-state index is 9.22. The van der Waals surface area contributed by atoms with Crippen LogP contribution in [0.5, 0.6) is 5.75 Å². The molecule has 1 heteroatoms. The average molecular weight is 188 g/mol. The number of aryl methyl sites for hydroxylation is 1. The van der Waals surface area contributed by atoms with E-state index >= 15 is 0 Å². The van der Waals surface area contributed by atoms with Gasteiger partial charge in [0.15, 0.2) is 0 Å². The van der Waals surface area contributed by atoms with E-state index in [4.69, 9.17) is 0 Å². The second-order valence-corrected chi connectivity index (χ2v) is 3.64. The van der Waals surface area contributed by atoms with Crippen LogP contribution in [0.15, 0.2) is 35.9 Å². The van der Waals surface area contributed by atoms with Crippen LogP contribution in [0.4, 0.5) is 0 Å². The molecule has 0 aliphatic carbocycles. The van der Waals surface area contributed by atoms with E-state index < -0.39 is 0 Å². The van der Waals surface area contributed by atoms with Gasteiger partial charge in [-0.05, 0) is 44.0 Å². The Balaban J connectivity index is 2.87. The highest BCUT2D eigenvalue weighted by molar-refractivity contribution is 5.56. The number of hydrogen-bond acceptors (Lipinski definition) is 1. The summed E-state index contributed by atoms with van der Waals surface area (Å²) in [7, 11) is 0. The van der Waals surface area contributed by atoms with E-state index in [9.17, 15) is 5.11 Å². The fraction of sp³-hybridized carbons (Fsp3) is 0.231. The van der Waals surface area contributed by atoms with E-state index in [-0.39, 0.29) is 0 Å². The van der Waals surface area contributed by atoms with Crippen LogP contribution in [-0.2, 0) is 0 Å². The minimum Gasteiger partial charge on any atom is -0.508 e. The van der Waals surface area contributed by atoms with E-state index in [1.807, 2.05) is 25.1 Å². The van der Waals surface area contributed by atoms with Crippen molar-refractivity contribution in [3.8, 4) is 5.75 Å². The molecule has 1 aromatic carbocycles. The summed E-state index contributed by atoms with van der Waals surface area (Å²) in [5.74, 6) is 0.321. The number of phenolic OH excluding ortho intramolecular Hbond substituents is 1. The molecule has 0 bridgehead atoms. The summed E-state index contributed by atoms with van der Waals surface area (Å²) in [5, 5.41) is 9.22. The van der Waals surface area contributed by atoms with E-state index in [1.165, 1.54) is 5.57 Å². The maximum Gasteiger partial charge on any atom is 0.115 e. The lowest BCUT2D eigenvalue weighted by atomic mass is 10.1. The predicted molar refractivity (Wildman–Crippen MR) is 61.3 cm³/mol. The van der Waals surface area contributed by atoms with Crippen LogP contribution >= 0.6 is 0 Å². The van der Waals surface area contributed by atoms with Gasteiger partial charge in [0.05, 0.1) is 0 Å². The second-order valence-electron chi connectivity index (χ2n) is 3.64. The lowest BCUT2D eigenvalue weighted by molar-refractivity contribution is 0.475. The zero-order chi connectivity index (χ0) is 10.6. The average Bonchev–Trinajstić information content (AvgIpc) is 2.08. The molecule has 0 aliphatic rings. The van der Waals surface area contributed by atoms with Crippen LogP contribution in [0.2, 0.25) is 0 Å². The predicted octanol–water partition coefficient (Wildman–Crippen LogP) is 3.68. The Morgan fingerprint density at radius 3 is 2.57 bits per heavy atom. The molecule has 0 amide bonds. The molecule has 0 unspecified atom stereocenters. The van der Waals surface area contributed by atoms with E-state index in [2.05, 4.69) is 19.9 Å². The minimum absolute atomic E-state index is 0.321. The lowest BCUT2D eigenvalue weighted by Gasteiger charge is -1.99. The molecule has 0 saturated carbocycles. The number of hydrogen-bond donors (Lipinski definition) is 1. The quantitative estimate of drug-likeness (QED) is 0.702. The van der Waals surface area contributed by atoms with Crippen LogP contribution in [0, 0.1) is 6.92 Å². The van der Waals surface area contributed by atoms with Crippen molar-refractivity contribution < 1.29 is 5.11 Å². The zero-order valence-corrected chi connectivity index (χ0v) is 8.91. The summed E-state index contributed by atoms with van der Waals surface area (Å²) >= 11 is 0. The molecule has 0 heterocycles. The van der Waals surface area contributed by atoms with Crippen molar-refractivity contribution in [1.82, 2.24) is 0 Å². The molecule has 0 spiro atoms. The SMILES string of the molecule is CC(C)=C/C=C\c1ccc(O)cc1C. The van der Waals surface area contributed by atoms with Crippen molar-refractivity contribution in [3.05, 3.63) is 47.1 Å². The standard InChI is InChI=1S/C13H16O/c1-10(2)5-4-6-12-7-8-13(14)9-11(12)3/h4-9,14H,1-3H3/b6-4-. The summed E-state index contributed by atoms with van der Waals surface area (Å²) in [4.78, 5) is 0. The van der Waals surface area contributed by atoms with Crippen molar-refractivity contribution in [2.45, 2.75) is 20.8 Å². The Labute approximate surface area is 85.4 Å². The van der Waals surface area contributed by atoms with E-state index in [0.717, 1.165) is 11.1 Å². The van der Waals surface area contributed by atoms with Crippen molar-refractivity contribution in [3.63, 3.8) is 0 Å². The molecule has 0 atom stereocenters. The number of rotatable bonds is 2. The number of aromatic hydroxyl groups is 1. The third kappa shape index (κ3) is 3.09. The molecule has 0 fully saturated rings. The summed E-state index contributed by atoms with van der Waals surface area (Å²) < 4.78 is 0. The van der Waals surface area contributed by atoms with Gasteiger partial charge in [0.25, 0.3) is 0 Å². The van der Waals surface area contributed by atoms with Crippen LogP contribution in [0.1, 0.15) is 25.0 Å². The minimum atomic E-state index is 0.321. The molecule has 1 nitrogen and oxygen atoms in total. The van der Waals surface area contributed by atoms with Gasteiger partial charge in [-0.1, -0.05) is 29.9 Å². The molecule has 0 saturated heterocycles. The van der Waals surface area contributed by atoms with Crippen molar-refractivity contribution in [2.24, 2.45) is 0 Å². The highest BCUT2D eigenvalue weighted by Gasteiger charge is 1.94. The molecule has 0 radical (unpaired) electrons. The normalized spacial score (nSPS) is 10.5. The van der Waals surface area contributed by atoms with Crippen LogP contribution in [0.25, 0.3) is 6.08 Å². The highest BCUT2D eigenvalue weighted by atomic mass is 16.3. The van der Waals surface area contributed by atoms with Gasteiger partial charge in [0, 0.05) is 0 Å². The van der Waals surface area contributed by atoms with Gasteiger partial charge in [0.2, 0.25) is 0 Å². The highest BCUT2D eigenvalue weighted by Crippen LogP contribution is 2.16. The Bertz CT molecular complexity index is 369. The van der Waals surface area contributed by atoms with Gasteiger partial charge in [-0.2, -0.15) is 0 Å². The van der Waals surface area contributed by atoms with Gasteiger partial charge in [-0.25, -0.2) is 0 Å². The molecule has 0 aliphatic heterocycles. The van der Waals surface area contributed by atoms with Crippen molar-refractivity contribution >= 4 is 6.08 Å². The first-order valence-electron chi connectivity index (χ1n) is 4.71. The first-order valence-corrected chi connectivity index (χ1v) is 4.71. The first kappa shape index (κ1) is 10.6. The van der Waals surface area contributed by atoms with Gasteiger partial charge < -0.3 is 5.11 Å². The third-order valence-electron chi connectivity index (χ3n) is 1.96. The molecular formula is C13H16O. The molecule has 74 valence electrons. The second kappa shape index (κ2) is 4.66. The van der Waals surface area contributed by atoms with Crippen LogP contribution < -0.4 is 0 Å². The third-order valence-corrected chi connectivity index (χ3v) is 1.96. The fourth-order valence-corrected chi connectivity index (χ4v) is 1.19. The Kier molecular flexibility index (Phi) is 3.52. The number of benzene rings is 1. The molecule has 0 aromatic heterocycles. The molecule has 1 rings (SSSR count). The summed E-state index contributed by atoms with van der Waals surface area (Å²) in [5.41, 5.74) is 3.50. The summed E-state index contributed by atoms with van der Waals surface area (Å²) in [6.07, 6.45) is 6.13. The first-order chi connectivity index (χ1) is 6.59. The largest absolute Gasteiger partial charge is 0.508 e. The van der Waals surface area contributed by atoms with Crippen LogP contribution in [0.3, 0.4) is 0 Å². The topological polar surface area (TPSA) is 20.2 Å². The monoisotopic (exact) mass is 188 g/mol. The Hall–Kier alpha value is -1.50. The van der Waals surface area contributed by atoms with E-state index in [1.54, 1.807) is 12.1 Å². The smallest absolute Gasteiger partial charge is 0.115 e.